The van der Waals surface area contributed by atoms with Crippen LogP contribution >= 0.6 is 11.8 Å². The average Bonchev–Trinajstić information content (AvgIpc) is 3.25. The van der Waals surface area contributed by atoms with E-state index in [1.54, 1.807) is 28.8 Å². The highest BCUT2D eigenvalue weighted by atomic mass is 32.2. The quantitative estimate of drug-likeness (QED) is 0.724. The summed E-state index contributed by atoms with van der Waals surface area (Å²) in [7, 11) is 0. The number of ether oxygens (including phenoxy) is 1. The molecule has 1 aliphatic carbocycles. The number of benzene rings is 1. The van der Waals surface area contributed by atoms with E-state index in [2.05, 4.69) is 10.2 Å². The Balaban J connectivity index is 1.45. The van der Waals surface area contributed by atoms with Gasteiger partial charge in [-0.3, -0.25) is 14.5 Å². The Kier molecular flexibility index (Phi) is 7.85. The lowest BCUT2D eigenvalue weighted by Crippen LogP contribution is -2.52. The molecule has 1 aromatic rings. The molecule has 0 aromatic heterocycles. The van der Waals surface area contributed by atoms with Crippen LogP contribution in [0, 0.1) is 11.7 Å². The van der Waals surface area contributed by atoms with E-state index in [0.717, 1.165) is 45.7 Å². The fourth-order valence-electron chi connectivity index (χ4n) is 4.82. The van der Waals surface area contributed by atoms with Crippen LogP contribution in [0.3, 0.4) is 0 Å². The number of thioether (sulfide) groups is 1. The van der Waals surface area contributed by atoms with Gasteiger partial charge in [-0.05, 0) is 37.0 Å². The molecule has 1 saturated carbocycles. The minimum atomic E-state index is -0.516. The van der Waals surface area contributed by atoms with Gasteiger partial charge in [0.05, 0.1) is 18.6 Å². The van der Waals surface area contributed by atoms with Gasteiger partial charge >= 0.3 is 0 Å². The van der Waals surface area contributed by atoms with Crippen molar-refractivity contribution in [1.82, 2.24) is 15.1 Å². The monoisotopic (exact) mass is 449 g/mol. The highest BCUT2D eigenvalue weighted by Crippen LogP contribution is 2.41. The van der Waals surface area contributed by atoms with E-state index in [9.17, 15) is 14.0 Å². The summed E-state index contributed by atoms with van der Waals surface area (Å²) in [4.78, 5) is 30.5. The van der Waals surface area contributed by atoms with Crippen molar-refractivity contribution in [2.45, 2.75) is 43.5 Å². The Labute approximate surface area is 187 Å². The van der Waals surface area contributed by atoms with Crippen LogP contribution < -0.4 is 5.32 Å². The van der Waals surface area contributed by atoms with Gasteiger partial charge in [-0.2, -0.15) is 0 Å². The third-order valence-corrected chi connectivity index (χ3v) is 7.99. The number of rotatable bonds is 6. The van der Waals surface area contributed by atoms with Gasteiger partial charge < -0.3 is 15.0 Å². The van der Waals surface area contributed by atoms with Gasteiger partial charge in [-0.1, -0.05) is 25.3 Å². The van der Waals surface area contributed by atoms with Crippen LogP contribution in [0.2, 0.25) is 0 Å². The first-order valence-corrected chi connectivity index (χ1v) is 12.5. The third kappa shape index (κ3) is 5.59. The van der Waals surface area contributed by atoms with E-state index >= 15 is 0 Å². The van der Waals surface area contributed by atoms with Crippen molar-refractivity contribution in [2.75, 3.05) is 45.1 Å². The molecule has 4 rings (SSSR count). The van der Waals surface area contributed by atoms with Gasteiger partial charge in [0, 0.05) is 37.5 Å². The summed E-state index contributed by atoms with van der Waals surface area (Å²) in [5, 5.41) is 3.02. The molecule has 1 aromatic carbocycles. The summed E-state index contributed by atoms with van der Waals surface area (Å²) >= 11 is 1.71. The van der Waals surface area contributed by atoms with Crippen molar-refractivity contribution >= 4 is 23.6 Å². The highest BCUT2D eigenvalue weighted by Gasteiger charge is 2.45. The first-order valence-electron chi connectivity index (χ1n) is 11.4. The van der Waals surface area contributed by atoms with Gasteiger partial charge in [0.25, 0.3) is 5.91 Å². The molecule has 0 spiro atoms. The third-order valence-electron chi connectivity index (χ3n) is 6.53. The predicted octanol–water partition coefficient (Wildman–Crippen LogP) is 2.74. The molecule has 0 bridgehead atoms. The zero-order valence-corrected chi connectivity index (χ0v) is 18.7. The van der Waals surface area contributed by atoms with Crippen molar-refractivity contribution in [1.29, 1.82) is 0 Å². The van der Waals surface area contributed by atoms with Crippen LogP contribution in [0.15, 0.2) is 24.3 Å². The SMILES string of the molecule is O=C(NCCN1CCOCC1)C1CSC(C2CCCCC2)N1C(=O)c1cccc(F)c1. The molecule has 2 heterocycles. The highest BCUT2D eigenvalue weighted by molar-refractivity contribution is 8.00. The summed E-state index contributed by atoms with van der Waals surface area (Å²) in [6.07, 6.45) is 5.73. The molecule has 2 saturated heterocycles. The van der Waals surface area contributed by atoms with Crippen LogP contribution in [0.25, 0.3) is 0 Å². The maximum atomic E-state index is 13.8. The first kappa shape index (κ1) is 22.6. The Morgan fingerprint density at radius 2 is 1.94 bits per heavy atom. The first-order chi connectivity index (χ1) is 15.1. The maximum absolute atomic E-state index is 13.8. The molecule has 3 fully saturated rings. The summed E-state index contributed by atoms with van der Waals surface area (Å²) in [5.41, 5.74) is 0.314. The lowest BCUT2D eigenvalue weighted by molar-refractivity contribution is -0.125. The molecular weight excluding hydrogens is 417 g/mol. The number of halogens is 1. The molecule has 6 nitrogen and oxygen atoms in total. The zero-order chi connectivity index (χ0) is 21.6. The van der Waals surface area contributed by atoms with Crippen molar-refractivity contribution in [3.05, 3.63) is 35.6 Å². The van der Waals surface area contributed by atoms with Gasteiger partial charge in [-0.15, -0.1) is 11.8 Å². The molecule has 2 unspecified atom stereocenters. The number of carbonyl (C=O) groups excluding carboxylic acids is 2. The van der Waals surface area contributed by atoms with Gasteiger partial charge in [0.15, 0.2) is 0 Å². The van der Waals surface area contributed by atoms with Crippen molar-refractivity contribution < 1.29 is 18.7 Å². The molecule has 0 radical (unpaired) electrons. The molecule has 8 heteroatoms. The lowest BCUT2D eigenvalue weighted by atomic mass is 9.88. The zero-order valence-electron chi connectivity index (χ0n) is 17.9. The van der Waals surface area contributed by atoms with E-state index in [0.29, 0.717) is 23.8 Å². The Morgan fingerprint density at radius 1 is 1.16 bits per heavy atom. The van der Waals surface area contributed by atoms with Gasteiger partial charge in [-0.25, -0.2) is 4.39 Å². The fourth-order valence-corrected chi connectivity index (χ4v) is 6.46. The number of amides is 2. The van der Waals surface area contributed by atoms with Crippen molar-refractivity contribution in [3.8, 4) is 0 Å². The van der Waals surface area contributed by atoms with Crippen LogP contribution in [0.1, 0.15) is 42.5 Å². The minimum Gasteiger partial charge on any atom is -0.379 e. The molecule has 3 aliphatic rings. The number of morpholine rings is 1. The number of nitrogens with one attached hydrogen (secondary N) is 1. The number of hydrogen-bond acceptors (Lipinski definition) is 5. The van der Waals surface area contributed by atoms with E-state index in [1.165, 1.54) is 31.4 Å². The van der Waals surface area contributed by atoms with Crippen LogP contribution in [0.4, 0.5) is 4.39 Å². The molecule has 2 aliphatic heterocycles. The fraction of sp³-hybridized carbons (Fsp3) is 0.652. The van der Waals surface area contributed by atoms with E-state index in [4.69, 9.17) is 4.74 Å². The second-order valence-electron chi connectivity index (χ2n) is 8.61. The summed E-state index contributed by atoms with van der Waals surface area (Å²) in [6.45, 7) is 4.54. The molecule has 2 amide bonds. The summed E-state index contributed by atoms with van der Waals surface area (Å²) in [6, 6.07) is 5.29. The van der Waals surface area contributed by atoms with Gasteiger partial charge in [0.1, 0.15) is 11.9 Å². The second kappa shape index (κ2) is 10.8. The predicted molar refractivity (Wildman–Crippen MR) is 119 cm³/mol. The van der Waals surface area contributed by atoms with Crippen LogP contribution in [0.5, 0.6) is 0 Å². The van der Waals surface area contributed by atoms with E-state index in [1.807, 2.05) is 0 Å². The molecule has 31 heavy (non-hydrogen) atoms. The molecule has 1 N–H and O–H groups in total. The minimum absolute atomic E-state index is 0.0222. The van der Waals surface area contributed by atoms with Crippen LogP contribution in [-0.2, 0) is 9.53 Å². The molecule has 2 atom stereocenters. The molecular formula is C23H32FN3O3S. The smallest absolute Gasteiger partial charge is 0.255 e. The molecule has 170 valence electrons. The summed E-state index contributed by atoms with van der Waals surface area (Å²) in [5.74, 6) is 0.198. The number of nitrogens with zero attached hydrogens (tertiary/aromatic N) is 2. The maximum Gasteiger partial charge on any atom is 0.255 e. The standard InChI is InChI=1S/C23H32FN3O3S/c24-19-8-4-7-18(15-19)22(29)27-20(16-31-23(27)17-5-2-1-3-6-17)21(28)25-9-10-26-11-13-30-14-12-26/h4,7-8,15,17,20,23H,1-3,5-6,9-14,16H2,(H,25,28). The summed E-state index contributed by atoms with van der Waals surface area (Å²) < 4.78 is 19.2. The van der Waals surface area contributed by atoms with E-state index < -0.39 is 11.9 Å². The Hall–Kier alpha value is -1.64. The second-order valence-corrected chi connectivity index (χ2v) is 9.76. The lowest BCUT2D eigenvalue weighted by Gasteiger charge is -2.35. The largest absolute Gasteiger partial charge is 0.379 e. The Morgan fingerprint density at radius 3 is 2.68 bits per heavy atom. The average molecular weight is 450 g/mol. The number of carbonyl (C=O) groups is 2. The van der Waals surface area contributed by atoms with Crippen LogP contribution in [-0.4, -0.2) is 78.2 Å². The van der Waals surface area contributed by atoms with Gasteiger partial charge in [0.2, 0.25) is 5.91 Å². The Bertz CT molecular complexity index is 768. The van der Waals surface area contributed by atoms with Crippen molar-refractivity contribution in [2.24, 2.45) is 5.92 Å². The van der Waals surface area contributed by atoms with Crippen molar-refractivity contribution in [3.63, 3.8) is 0 Å². The van der Waals surface area contributed by atoms with E-state index in [-0.39, 0.29) is 17.2 Å². The normalized spacial score (nSPS) is 25.5. The topological polar surface area (TPSA) is 61.9 Å². The number of hydrogen-bond donors (Lipinski definition) is 1.